The van der Waals surface area contributed by atoms with E-state index >= 15 is 0 Å². The van der Waals surface area contributed by atoms with Crippen molar-refractivity contribution in [1.29, 1.82) is 0 Å². The summed E-state index contributed by atoms with van der Waals surface area (Å²) in [5.74, 6) is 0.989. The van der Waals surface area contributed by atoms with Crippen LogP contribution < -0.4 is 0 Å². The first-order valence-corrected chi connectivity index (χ1v) is 9.16. The lowest BCUT2D eigenvalue weighted by molar-refractivity contribution is 0.534. The van der Waals surface area contributed by atoms with Crippen LogP contribution in [0.2, 0.25) is 5.02 Å². The van der Waals surface area contributed by atoms with Crippen LogP contribution in [0, 0.1) is 6.92 Å². The summed E-state index contributed by atoms with van der Waals surface area (Å²) in [5.41, 5.74) is 1.82. The Balaban J connectivity index is 2.25. The zero-order valence-electron chi connectivity index (χ0n) is 12.6. The van der Waals surface area contributed by atoms with Crippen molar-refractivity contribution in [3.63, 3.8) is 0 Å². The quantitative estimate of drug-likeness (QED) is 0.705. The van der Waals surface area contributed by atoms with Gasteiger partial charge in [-0.15, -0.1) is 0 Å². The number of hydrogen-bond donors (Lipinski definition) is 0. The normalized spacial score (nSPS) is 11.6. The minimum absolute atomic E-state index is 0.225. The van der Waals surface area contributed by atoms with Crippen molar-refractivity contribution in [3.05, 3.63) is 59.4 Å². The van der Waals surface area contributed by atoms with E-state index in [1.807, 2.05) is 12.1 Å². The van der Waals surface area contributed by atoms with E-state index in [1.54, 1.807) is 43.3 Å². The van der Waals surface area contributed by atoms with E-state index in [2.05, 4.69) is 4.98 Å². The lowest BCUT2D eigenvalue weighted by Gasteiger charge is -2.07. The topological polar surface area (TPSA) is 60.2 Å². The van der Waals surface area contributed by atoms with Gasteiger partial charge in [-0.2, -0.15) is 0 Å². The van der Waals surface area contributed by atoms with Crippen LogP contribution in [0.1, 0.15) is 5.89 Å². The molecule has 0 unspecified atom stereocenters. The third-order valence-corrected chi connectivity index (χ3v) is 4.79. The highest BCUT2D eigenvalue weighted by atomic mass is 35.5. The van der Waals surface area contributed by atoms with Gasteiger partial charge in [-0.3, -0.25) is 0 Å². The van der Waals surface area contributed by atoms with Crippen molar-refractivity contribution < 1.29 is 12.8 Å². The van der Waals surface area contributed by atoms with E-state index in [1.165, 1.54) is 6.26 Å². The molecule has 0 aliphatic rings. The Morgan fingerprint density at radius 2 is 1.70 bits per heavy atom. The molecule has 1 aromatic heterocycles. The minimum atomic E-state index is -3.38. The molecular formula is C17H14ClNO3S. The summed E-state index contributed by atoms with van der Waals surface area (Å²) >= 11 is 5.92. The summed E-state index contributed by atoms with van der Waals surface area (Å²) in [6.45, 7) is 1.73. The Morgan fingerprint density at radius 1 is 1.04 bits per heavy atom. The number of aryl methyl sites for hydroxylation is 1. The zero-order chi connectivity index (χ0) is 16.6. The van der Waals surface area contributed by atoms with Crippen LogP contribution in [0.5, 0.6) is 0 Å². The number of rotatable bonds is 3. The van der Waals surface area contributed by atoms with Gasteiger partial charge in [-0.1, -0.05) is 29.8 Å². The molecule has 0 fully saturated rings. The Hall–Kier alpha value is -2.11. The Bertz CT molecular complexity index is 960. The molecular weight excluding hydrogens is 334 g/mol. The number of oxazole rings is 1. The first-order chi connectivity index (χ1) is 10.9. The van der Waals surface area contributed by atoms with Gasteiger partial charge < -0.3 is 4.42 Å². The van der Waals surface area contributed by atoms with E-state index in [0.717, 1.165) is 5.56 Å². The standard InChI is InChI=1S/C17H14ClNO3S/c1-11-19-16(14-5-3-4-6-15(14)23(2,20)21)17(22-11)12-7-9-13(18)10-8-12/h3-10H,1-2H3. The third kappa shape index (κ3) is 3.16. The van der Waals surface area contributed by atoms with Gasteiger partial charge in [-0.05, 0) is 30.3 Å². The summed E-state index contributed by atoms with van der Waals surface area (Å²) in [7, 11) is -3.38. The second-order valence-corrected chi connectivity index (χ2v) is 7.61. The number of aromatic nitrogens is 1. The van der Waals surface area contributed by atoms with Gasteiger partial charge in [0.1, 0.15) is 5.69 Å². The van der Waals surface area contributed by atoms with Gasteiger partial charge in [0.05, 0.1) is 4.90 Å². The van der Waals surface area contributed by atoms with Crippen LogP contribution in [-0.2, 0) is 9.84 Å². The van der Waals surface area contributed by atoms with Gasteiger partial charge in [0.25, 0.3) is 0 Å². The fraction of sp³-hybridized carbons (Fsp3) is 0.118. The molecule has 118 valence electrons. The zero-order valence-corrected chi connectivity index (χ0v) is 14.1. The molecule has 23 heavy (non-hydrogen) atoms. The summed E-state index contributed by atoms with van der Waals surface area (Å²) in [5, 5.41) is 0.614. The van der Waals surface area contributed by atoms with Crippen molar-refractivity contribution in [3.8, 4) is 22.6 Å². The number of halogens is 1. The fourth-order valence-electron chi connectivity index (χ4n) is 2.39. The molecule has 6 heteroatoms. The second kappa shape index (κ2) is 5.83. The number of sulfone groups is 1. The van der Waals surface area contributed by atoms with E-state index in [4.69, 9.17) is 16.0 Å². The van der Waals surface area contributed by atoms with Crippen molar-refractivity contribution in [1.82, 2.24) is 4.98 Å². The average molecular weight is 348 g/mol. The fourth-order valence-corrected chi connectivity index (χ4v) is 3.41. The average Bonchev–Trinajstić information content (AvgIpc) is 2.89. The lowest BCUT2D eigenvalue weighted by Crippen LogP contribution is -2.00. The van der Waals surface area contributed by atoms with Gasteiger partial charge in [-0.25, -0.2) is 13.4 Å². The van der Waals surface area contributed by atoms with Gasteiger partial charge >= 0.3 is 0 Å². The van der Waals surface area contributed by atoms with E-state index < -0.39 is 9.84 Å². The molecule has 0 aliphatic heterocycles. The molecule has 3 rings (SSSR count). The molecule has 1 heterocycles. The number of benzene rings is 2. The lowest BCUT2D eigenvalue weighted by atomic mass is 10.1. The summed E-state index contributed by atoms with van der Waals surface area (Å²) in [6, 6.07) is 13.9. The van der Waals surface area contributed by atoms with Crippen LogP contribution in [0.3, 0.4) is 0 Å². The molecule has 0 bridgehead atoms. The number of nitrogens with zero attached hydrogens (tertiary/aromatic N) is 1. The summed E-state index contributed by atoms with van der Waals surface area (Å²) in [6.07, 6.45) is 1.18. The van der Waals surface area contributed by atoms with Crippen molar-refractivity contribution >= 4 is 21.4 Å². The molecule has 0 saturated heterocycles. The third-order valence-electron chi connectivity index (χ3n) is 3.38. The maximum atomic E-state index is 12.1. The molecule has 4 nitrogen and oxygen atoms in total. The van der Waals surface area contributed by atoms with Gasteiger partial charge in [0.2, 0.25) is 0 Å². The molecule has 0 amide bonds. The van der Waals surface area contributed by atoms with Crippen LogP contribution in [0.4, 0.5) is 0 Å². The molecule has 0 atom stereocenters. The second-order valence-electron chi connectivity index (χ2n) is 5.19. The largest absolute Gasteiger partial charge is 0.440 e. The van der Waals surface area contributed by atoms with Crippen molar-refractivity contribution in [2.24, 2.45) is 0 Å². The van der Waals surface area contributed by atoms with Gasteiger partial charge in [0, 0.05) is 29.3 Å². The Labute approximate surface area is 139 Å². The smallest absolute Gasteiger partial charge is 0.192 e. The van der Waals surface area contributed by atoms with E-state index in [0.29, 0.717) is 27.9 Å². The van der Waals surface area contributed by atoms with Gasteiger partial charge in [0.15, 0.2) is 21.5 Å². The molecule has 0 radical (unpaired) electrons. The summed E-state index contributed by atoms with van der Waals surface area (Å²) in [4.78, 5) is 4.62. The van der Waals surface area contributed by atoms with Crippen LogP contribution in [0.15, 0.2) is 57.8 Å². The Morgan fingerprint density at radius 3 is 2.35 bits per heavy atom. The molecule has 0 spiro atoms. The summed E-state index contributed by atoms with van der Waals surface area (Å²) < 4.78 is 29.8. The first-order valence-electron chi connectivity index (χ1n) is 6.89. The predicted octanol–water partition coefficient (Wildman–Crippen LogP) is 4.37. The highest BCUT2D eigenvalue weighted by Crippen LogP contribution is 2.36. The molecule has 0 aliphatic carbocycles. The number of hydrogen-bond acceptors (Lipinski definition) is 4. The predicted molar refractivity (Wildman–Crippen MR) is 90.2 cm³/mol. The highest BCUT2D eigenvalue weighted by Gasteiger charge is 2.21. The highest BCUT2D eigenvalue weighted by molar-refractivity contribution is 7.90. The Kier molecular flexibility index (Phi) is 4.00. The molecule has 0 N–H and O–H groups in total. The van der Waals surface area contributed by atoms with Crippen molar-refractivity contribution in [2.45, 2.75) is 11.8 Å². The first kappa shape index (κ1) is 15.8. The van der Waals surface area contributed by atoms with E-state index in [9.17, 15) is 8.42 Å². The molecule has 0 saturated carbocycles. The minimum Gasteiger partial charge on any atom is -0.440 e. The monoisotopic (exact) mass is 347 g/mol. The van der Waals surface area contributed by atoms with Crippen molar-refractivity contribution in [2.75, 3.05) is 6.26 Å². The van der Waals surface area contributed by atoms with Crippen LogP contribution in [0.25, 0.3) is 22.6 Å². The molecule has 2 aromatic carbocycles. The van der Waals surface area contributed by atoms with Crippen LogP contribution >= 0.6 is 11.6 Å². The molecule has 3 aromatic rings. The SMILES string of the molecule is Cc1nc(-c2ccccc2S(C)(=O)=O)c(-c2ccc(Cl)cc2)o1. The maximum Gasteiger partial charge on any atom is 0.192 e. The van der Waals surface area contributed by atoms with E-state index in [-0.39, 0.29) is 4.90 Å². The van der Waals surface area contributed by atoms with Crippen LogP contribution in [-0.4, -0.2) is 19.7 Å². The maximum absolute atomic E-state index is 12.1.